The van der Waals surface area contributed by atoms with Gasteiger partial charge in [0, 0.05) is 17.4 Å². The van der Waals surface area contributed by atoms with Gasteiger partial charge in [0.2, 0.25) is 0 Å². The monoisotopic (exact) mass is 298 g/mol. The molecule has 2 amide bonds. The van der Waals surface area contributed by atoms with Crippen molar-refractivity contribution in [2.45, 2.75) is 13.8 Å². The van der Waals surface area contributed by atoms with E-state index in [1.54, 1.807) is 18.2 Å². The zero-order valence-corrected chi connectivity index (χ0v) is 12.6. The minimum atomic E-state index is -0.292. The maximum atomic E-state index is 12.1. The van der Waals surface area contributed by atoms with Crippen LogP contribution in [0.5, 0.6) is 11.5 Å². The van der Waals surface area contributed by atoms with Gasteiger partial charge in [-0.25, -0.2) is 4.79 Å². The molecule has 0 saturated heterocycles. The Bertz CT molecular complexity index is 713. The number of carbonyl (C=O) groups is 1. The first-order valence-electron chi connectivity index (χ1n) is 7.17. The van der Waals surface area contributed by atoms with Crippen molar-refractivity contribution in [3.8, 4) is 11.5 Å². The van der Waals surface area contributed by atoms with Crippen LogP contribution >= 0.6 is 0 Å². The number of urea groups is 1. The van der Waals surface area contributed by atoms with E-state index in [-0.39, 0.29) is 6.03 Å². The number of rotatable bonds is 2. The van der Waals surface area contributed by atoms with Crippen molar-refractivity contribution in [2.75, 3.05) is 23.8 Å². The summed E-state index contributed by atoms with van der Waals surface area (Å²) in [6, 6.07) is 10.8. The second-order valence-corrected chi connectivity index (χ2v) is 5.24. The number of aryl methyl sites for hydroxylation is 2. The normalized spacial score (nSPS) is 12.6. The Labute approximate surface area is 129 Å². The van der Waals surface area contributed by atoms with E-state index < -0.39 is 0 Å². The van der Waals surface area contributed by atoms with E-state index in [1.165, 1.54) is 5.56 Å². The molecule has 0 bridgehead atoms. The van der Waals surface area contributed by atoms with Gasteiger partial charge in [0.1, 0.15) is 13.2 Å². The highest BCUT2D eigenvalue weighted by Gasteiger charge is 2.12. The standard InChI is InChI=1S/C17H18N2O3/c1-11-3-4-13(9-12(11)2)18-17(20)19-14-5-6-15-16(10-14)22-8-7-21-15/h3-6,9-10H,7-8H2,1-2H3,(H2,18,19,20). The van der Waals surface area contributed by atoms with Crippen molar-refractivity contribution in [1.82, 2.24) is 0 Å². The van der Waals surface area contributed by atoms with Gasteiger partial charge in [-0.15, -0.1) is 0 Å². The fraction of sp³-hybridized carbons (Fsp3) is 0.235. The maximum absolute atomic E-state index is 12.1. The average Bonchev–Trinajstić information content (AvgIpc) is 2.51. The summed E-state index contributed by atoms with van der Waals surface area (Å²) in [5, 5.41) is 5.61. The zero-order valence-electron chi connectivity index (χ0n) is 12.6. The quantitative estimate of drug-likeness (QED) is 0.888. The van der Waals surface area contributed by atoms with Gasteiger partial charge in [-0.2, -0.15) is 0 Å². The van der Waals surface area contributed by atoms with Crippen molar-refractivity contribution in [3.63, 3.8) is 0 Å². The molecule has 0 saturated carbocycles. The molecule has 0 atom stereocenters. The maximum Gasteiger partial charge on any atom is 0.323 e. The Balaban J connectivity index is 1.67. The lowest BCUT2D eigenvalue weighted by Crippen LogP contribution is -2.20. The van der Waals surface area contributed by atoms with Crippen LogP contribution in [0.4, 0.5) is 16.2 Å². The molecular weight excluding hydrogens is 280 g/mol. The van der Waals surface area contributed by atoms with Crippen LogP contribution in [0.2, 0.25) is 0 Å². The van der Waals surface area contributed by atoms with E-state index >= 15 is 0 Å². The molecule has 0 spiro atoms. The van der Waals surface area contributed by atoms with Crippen LogP contribution < -0.4 is 20.1 Å². The molecule has 2 N–H and O–H groups in total. The Morgan fingerprint density at radius 3 is 2.23 bits per heavy atom. The number of benzene rings is 2. The van der Waals surface area contributed by atoms with Crippen LogP contribution in [-0.2, 0) is 0 Å². The van der Waals surface area contributed by atoms with E-state index in [2.05, 4.69) is 10.6 Å². The summed E-state index contributed by atoms with van der Waals surface area (Å²) in [6.45, 7) is 5.12. The van der Waals surface area contributed by atoms with Gasteiger partial charge in [0.05, 0.1) is 0 Å². The fourth-order valence-corrected chi connectivity index (χ4v) is 2.23. The summed E-state index contributed by atoms with van der Waals surface area (Å²) < 4.78 is 10.9. The Morgan fingerprint density at radius 2 is 1.50 bits per heavy atom. The largest absolute Gasteiger partial charge is 0.486 e. The van der Waals surface area contributed by atoms with Crippen molar-refractivity contribution in [1.29, 1.82) is 0 Å². The Hall–Kier alpha value is -2.69. The van der Waals surface area contributed by atoms with Crippen LogP contribution in [0, 0.1) is 13.8 Å². The first kappa shape index (κ1) is 14.3. The smallest absolute Gasteiger partial charge is 0.323 e. The van der Waals surface area contributed by atoms with Crippen molar-refractivity contribution in [3.05, 3.63) is 47.5 Å². The lowest BCUT2D eigenvalue weighted by atomic mass is 10.1. The third kappa shape index (κ3) is 3.14. The van der Waals surface area contributed by atoms with Gasteiger partial charge < -0.3 is 20.1 Å². The Kier molecular flexibility index (Phi) is 3.87. The van der Waals surface area contributed by atoms with Gasteiger partial charge in [0.25, 0.3) is 0 Å². The molecule has 2 aromatic rings. The molecule has 0 aromatic heterocycles. The van der Waals surface area contributed by atoms with E-state index in [0.29, 0.717) is 30.4 Å². The molecule has 3 rings (SSSR count). The molecule has 0 fully saturated rings. The molecule has 1 aliphatic heterocycles. The van der Waals surface area contributed by atoms with Crippen LogP contribution in [0.1, 0.15) is 11.1 Å². The lowest BCUT2D eigenvalue weighted by Gasteiger charge is -2.19. The number of nitrogens with one attached hydrogen (secondary N) is 2. The van der Waals surface area contributed by atoms with E-state index in [1.807, 2.05) is 32.0 Å². The molecule has 2 aromatic carbocycles. The van der Waals surface area contributed by atoms with Gasteiger partial charge >= 0.3 is 6.03 Å². The van der Waals surface area contributed by atoms with Gasteiger partial charge in [0.15, 0.2) is 11.5 Å². The van der Waals surface area contributed by atoms with Crippen molar-refractivity contribution in [2.24, 2.45) is 0 Å². The first-order chi connectivity index (χ1) is 10.6. The van der Waals surface area contributed by atoms with E-state index in [4.69, 9.17) is 9.47 Å². The number of hydrogen-bond donors (Lipinski definition) is 2. The minimum absolute atomic E-state index is 0.292. The topological polar surface area (TPSA) is 59.6 Å². The molecule has 0 unspecified atom stereocenters. The summed E-state index contributed by atoms with van der Waals surface area (Å²) in [5.41, 5.74) is 3.75. The molecule has 1 aliphatic rings. The van der Waals surface area contributed by atoms with E-state index in [9.17, 15) is 4.79 Å². The van der Waals surface area contributed by atoms with Crippen LogP contribution in [0.25, 0.3) is 0 Å². The number of fused-ring (bicyclic) bond motifs is 1. The number of ether oxygens (including phenoxy) is 2. The third-order valence-electron chi connectivity index (χ3n) is 3.56. The molecular formula is C17H18N2O3. The number of carbonyl (C=O) groups excluding carboxylic acids is 1. The van der Waals surface area contributed by atoms with Crippen LogP contribution in [0.15, 0.2) is 36.4 Å². The van der Waals surface area contributed by atoms with Gasteiger partial charge in [-0.1, -0.05) is 6.07 Å². The highest BCUT2D eigenvalue weighted by atomic mass is 16.6. The highest BCUT2D eigenvalue weighted by Crippen LogP contribution is 2.32. The van der Waals surface area contributed by atoms with Gasteiger partial charge in [-0.05, 0) is 49.2 Å². The molecule has 114 valence electrons. The minimum Gasteiger partial charge on any atom is -0.486 e. The number of amides is 2. The number of hydrogen-bond acceptors (Lipinski definition) is 3. The average molecular weight is 298 g/mol. The third-order valence-corrected chi connectivity index (χ3v) is 3.56. The second-order valence-electron chi connectivity index (χ2n) is 5.24. The van der Waals surface area contributed by atoms with Crippen LogP contribution in [0.3, 0.4) is 0 Å². The summed E-state index contributed by atoms with van der Waals surface area (Å²) >= 11 is 0. The predicted octanol–water partition coefficient (Wildman–Crippen LogP) is 3.72. The predicted molar refractivity (Wildman–Crippen MR) is 86.0 cm³/mol. The fourth-order valence-electron chi connectivity index (χ4n) is 2.23. The van der Waals surface area contributed by atoms with Gasteiger partial charge in [-0.3, -0.25) is 0 Å². The molecule has 5 heteroatoms. The number of anilines is 2. The molecule has 5 nitrogen and oxygen atoms in total. The zero-order chi connectivity index (χ0) is 15.5. The summed E-state index contributed by atoms with van der Waals surface area (Å²) in [6.07, 6.45) is 0. The molecule has 0 aliphatic carbocycles. The lowest BCUT2D eigenvalue weighted by molar-refractivity contribution is 0.171. The van der Waals surface area contributed by atoms with Crippen molar-refractivity contribution < 1.29 is 14.3 Å². The summed E-state index contributed by atoms with van der Waals surface area (Å²) in [5.74, 6) is 1.35. The first-order valence-corrected chi connectivity index (χ1v) is 7.17. The second kappa shape index (κ2) is 5.97. The summed E-state index contributed by atoms with van der Waals surface area (Å²) in [7, 11) is 0. The highest BCUT2D eigenvalue weighted by molar-refractivity contribution is 6.00. The van der Waals surface area contributed by atoms with Crippen molar-refractivity contribution >= 4 is 17.4 Å². The molecule has 22 heavy (non-hydrogen) atoms. The van der Waals surface area contributed by atoms with Crippen LogP contribution in [-0.4, -0.2) is 19.2 Å². The molecule has 1 heterocycles. The van der Waals surface area contributed by atoms with E-state index in [0.717, 1.165) is 11.3 Å². The molecule has 0 radical (unpaired) electrons. The Morgan fingerprint density at radius 1 is 0.864 bits per heavy atom. The SMILES string of the molecule is Cc1ccc(NC(=O)Nc2ccc3c(c2)OCCO3)cc1C. The summed E-state index contributed by atoms with van der Waals surface area (Å²) in [4.78, 5) is 12.1.